The average Bonchev–Trinajstić information content (AvgIpc) is 3.87. The van der Waals surface area contributed by atoms with E-state index in [1.165, 1.54) is 6.92 Å². The second-order valence-corrected chi connectivity index (χ2v) is 19.5. The van der Waals surface area contributed by atoms with Gasteiger partial charge in [0.1, 0.15) is 48.5 Å². The molecule has 3 aliphatic rings. The van der Waals surface area contributed by atoms with Crippen molar-refractivity contribution in [2.24, 2.45) is 5.92 Å². The first-order valence-electron chi connectivity index (χ1n) is 24.1. The summed E-state index contributed by atoms with van der Waals surface area (Å²) in [5.74, 6) is -6.98. The molecule has 0 aromatic heterocycles. The van der Waals surface area contributed by atoms with Crippen molar-refractivity contribution in [2.45, 2.75) is 146 Å². The standard InChI is InChI=1S/C49H68N8O16/c1-8-71-36-17-28(14-15-35(36)72-24-27-12-10-9-11-13-27)16-33(61)38-44(66)55-39(34(62)21-50-7)47(69)57-22-25(2)41(63)40(57)45(67)51-20-29(59)18-31(52-48(70)73-49(4,5)6)42(64)53-37(26(3)58)46(68)56-23-30(60)19-32(56)43(65)54-38/h9-15,17,25-26,29-34,37-41,58-63H,8,16,18-24H2,1-6H3,(H,51,67)(H,52,70)(H,53,64)(H,54,65)(H,55,66)/t25-,26+,29+,30+,31?,32-,33+,34+,37-,38-,39-,40-,41-/m0/s1. The van der Waals surface area contributed by atoms with Crippen LogP contribution in [-0.4, -0.2) is 193 Å². The van der Waals surface area contributed by atoms with Gasteiger partial charge < -0.3 is 86.1 Å². The fourth-order valence-corrected chi connectivity index (χ4v) is 8.73. The van der Waals surface area contributed by atoms with Gasteiger partial charge in [-0.05, 0) is 57.9 Å². The van der Waals surface area contributed by atoms with Gasteiger partial charge in [0.05, 0.1) is 37.1 Å². The molecule has 0 aliphatic carbocycles. The Labute approximate surface area is 422 Å². The third kappa shape index (κ3) is 15.2. The number of aliphatic hydroxyl groups is 6. The van der Waals surface area contributed by atoms with Gasteiger partial charge in [0.15, 0.2) is 17.6 Å². The third-order valence-corrected chi connectivity index (χ3v) is 12.4. The number of fused-ring (bicyclic) bond motifs is 2. The Bertz CT molecular complexity index is 2330. The summed E-state index contributed by atoms with van der Waals surface area (Å²) < 4.78 is 17.2. The lowest BCUT2D eigenvalue weighted by Gasteiger charge is -2.33. The van der Waals surface area contributed by atoms with Crippen LogP contribution in [0.1, 0.15) is 65.5 Å². The Balaban J connectivity index is 1.57. The quantitative estimate of drug-likeness (QED) is 0.0990. The molecule has 3 aliphatic heterocycles. The molecule has 2 aromatic rings. The van der Waals surface area contributed by atoms with Crippen LogP contribution in [0, 0.1) is 12.5 Å². The van der Waals surface area contributed by atoms with Gasteiger partial charge in [0, 0.05) is 44.8 Å². The highest BCUT2D eigenvalue weighted by Gasteiger charge is 2.50. The van der Waals surface area contributed by atoms with Crippen LogP contribution >= 0.6 is 0 Å². The Morgan fingerprint density at radius 3 is 2.10 bits per heavy atom. The Kier molecular flexibility index (Phi) is 19.9. The number of ether oxygens (including phenoxy) is 3. The van der Waals surface area contributed by atoms with Crippen LogP contribution in [0.25, 0.3) is 4.85 Å². The average molecular weight is 1030 g/mol. The number of nitrogens with one attached hydrogen (secondary N) is 5. The minimum absolute atomic E-state index is 0.186. The second-order valence-electron chi connectivity index (χ2n) is 19.5. The normalized spacial score (nSPS) is 28.1. The zero-order valence-electron chi connectivity index (χ0n) is 41.6. The molecule has 3 fully saturated rings. The van der Waals surface area contributed by atoms with Crippen molar-refractivity contribution < 1.29 is 78.4 Å². The predicted octanol–water partition coefficient (Wildman–Crippen LogP) is -2.37. The molecule has 2 aromatic carbocycles. The summed E-state index contributed by atoms with van der Waals surface area (Å²) in [6.07, 6.45) is -12.7. The molecule has 24 heteroatoms. The van der Waals surface area contributed by atoms with Crippen molar-refractivity contribution in [3.05, 3.63) is 71.1 Å². The molecule has 73 heavy (non-hydrogen) atoms. The molecule has 13 atom stereocenters. The fraction of sp³-hybridized carbons (Fsp3) is 0.592. The molecule has 0 saturated carbocycles. The first-order chi connectivity index (χ1) is 34.4. The molecule has 400 valence electrons. The zero-order chi connectivity index (χ0) is 53.9. The van der Waals surface area contributed by atoms with E-state index in [-0.39, 0.29) is 25.5 Å². The van der Waals surface area contributed by atoms with E-state index in [2.05, 4.69) is 31.4 Å². The first-order valence-corrected chi connectivity index (χ1v) is 24.1. The fourth-order valence-electron chi connectivity index (χ4n) is 8.73. The number of hydrogen-bond donors (Lipinski definition) is 11. The monoisotopic (exact) mass is 1020 g/mol. The van der Waals surface area contributed by atoms with Gasteiger partial charge >= 0.3 is 6.09 Å². The van der Waals surface area contributed by atoms with Crippen LogP contribution in [-0.2, 0) is 46.5 Å². The molecule has 3 heterocycles. The van der Waals surface area contributed by atoms with Crippen LogP contribution in [0.2, 0.25) is 0 Å². The van der Waals surface area contributed by atoms with Crippen LogP contribution in [0.3, 0.4) is 0 Å². The minimum atomic E-state index is -2.04. The van der Waals surface area contributed by atoms with Crippen LogP contribution in [0.4, 0.5) is 4.79 Å². The summed E-state index contributed by atoms with van der Waals surface area (Å²) in [6, 6.07) is 3.00. The molecule has 3 saturated heterocycles. The van der Waals surface area contributed by atoms with Crippen molar-refractivity contribution in [1.82, 2.24) is 36.4 Å². The second kappa shape index (κ2) is 25.4. The van der Waals surface area contributed by atoms with Crippen LogP contribution in [0.15, 0.2) is 48.5 Å². The Hall–Kier alpha value is -6.62. The molecule has 7 amide bonds. The summed E-state index contributed by atoms with van der Waals surface area (Å²) in [5, 5.41) is 79.4. The number of amides is 7. The molecule has 24 nitrogen and oxygen atoms in total. The number of rotatable bonds is 12. The predicted molar refractivity (Wildman–Crippen MR) is 257 cm³/mol. The molecule has 0 bridgehead atoms. The summed E-state index contributed by atoms with van der Waals surface area (Å²) in [4.78, 5) is 104. The van der Waals surface area contributed by atoms with Gasteiger partial charge in [-0.3, -0.25) is 28.8 Å². The number of carbonyl (C=O) groups excluding carboxylic acids is 7. The minimum Gasteiger partial charge on any atom is -0.490 e. The molecule has 11 N–H and O–H groups in total. The molecule has 5 rings (SSSR count). The van der Waals surface area contributed by atoms with Crippen molar-refractivity contribution in [1.29, 1.82) is 0 Å². The first kappa shape index (κ1) is 57.3. The number of hydrogen-bond acceptors (Lipinski definition) is 16. The van der Waals surface area contributed by atoms with Gasteiger partial charge in [0.2, 0.25) is 42.0 Å². The van der Waals surface area contributed by atoms with Crippen molar-refractivity contribution >= 4 is 41.5 Å². The van der Waals surface area contributed by atoms with Crippen LogP contribution in [0.5, 0.6) is 11.5 Å². The van der Waals surface area contributed by atoms with Gasteiger partial charge in [-0.2, -0.15) is 0 Å². The van der Waals surface area contributed by atoms with Crippen molar-refractivity contribution in [3.63, 3.8) is 0 Å². The van der Waals surface area contributed by atoms with Crippen LogP contribution < -0.4 is 36.1 Å². The molecule has 0 radical (unpaired) electrons. The summed E-state index contributed by atoms with van der Waals surface area (Å²) in [5.41, 5.74) is 0.159. The highest BCUT2D eigenvalue weighted by molar-refractivity contribution is 5.98. The summed E-state index contributed by atoms with van der Waals surface area (Å²) in [7, 11) is 0. The number of alkyl carbamates (subject to hydrolysis) is 1. The number of carbonyl (C=O) groups is 7. The van der Waals surface area contributed by atoms with Gasteiger partial charge in [0.25, 0.3) is 0 Å². The summed E-state index contributed by atoms with van der Waals surface area (Å²) >= 11 is 0. The van der Waals surface area contributed by atoms with E-state index in [0.717, 1.165) is 22.3 Å². The Morgan fingerprint density at radius 2 is 1.45 bits per heavy atom. The van der Waals surface area contributed by atoms with E-state index in [9.17, 15) is 64.2 Å². The highest BCUT2D eigenvalue weighted by Crippen LogP contribution is 2.31. The molecular formula is C49H68N8O16. The highest BCUT2D eigenvalue weighted by atomic mass is 16.6. The number of benzene rings is 2. The van der Waals surface area contributed by atoms with E-state index in [1.54, 1.807) is 45.9 Å². The maximum Gasteiger partial charge on any atom is 0.408 e. The van der Waals surface area contributed by atoms with E-state index >= 15 is 0 Å². The third-order valence-electron chi connectivity index (χ3n) is 12.4. The SMILES string of the molecule is [C-]#[N+]C[C@@H](O)[C@@H]1NC(=O)[C@H]([C@H](O)Cc2ccc(OCc3ccccc3)c(OCC)c2)NC(=O)[C@@H]2C[C@@H](O)CN2C(=O)[C@H]([C@@H](C)O)NC(=O)C(NC(=O)OC(C)(C)C)C[C@@H](O)CNC(=O)[C@@H]2[C@@H](O)[C@@H](C)CN2C1=O. The van der Waals surface area contributed by atoms with E-state index in [4.69, 9.17) is 20.8 Å². The lowest BCUT2D eigenvalue weighted by Crippen LogP contribution is -2.64. The lowest BCUT2D eigenvalue weighted by atomic mass is 9.99. The van der Waals surface area contributed by atoms with Crippen molar-refractivity contribution in [3.8, 4) is 11.5 Å². The van der Waals surface area contributed by atoms with E-state index in [0.29, 0.717) is 11.3 Å². The molecule has 1 unspecified atom stereocenters. The lowest BCUT2D eigenvalue weighted by molar-refractivity contribution is -0.147. The molecule has 0 spiro atoms. The zero-order valence-corrected chi connectivity index (χ0v) is 41.6. The number of nitrogens with zero attached hydrogens (tertiary/aromatic N) is 3. The maximum atomic E-state index is 14.6. The Morgan fingerprint density at radius 1 is 0.795 bits per heavy atom. The van der Waals surface area contributed by atoms with Gasteiger partial charge in [-0.15, -0.1) is 0 Å². The van der Waals surface area contributed by atoms with Gasteiger partial charge in [-0.25, -0.2) is 11.4 Å². The maximum absolute atomic E-state index is 14.6. The topological polar surface area (TPSA) is 340 Å². The summed E-state index contributed by atoms with van der Waals surface area (Å²) in [6.45, 7) is 14.6. The number of aliphatic hydroxyl groups excluding tert-OH is 6. The number of β-amino-alcohol motifs (C(OH)–C–C–N with tert-alkyl or cyclic N) is 1. The van der Waals surface area contributed by atoms with E-state index in [1.807, 2.05) is 30.3 Å². The van der Waals surface area contributed by atoms with Gasteiger partial charge in [-0.1, -0.05) is 43.3 Å². The largest absolute Gasteiger partial charge is 0.490 e. The smallest absolute Gasteiger partial charge is 0.408 e. The molecular weight excluding hydrogens is 957 g/mol. The van der Waals surface area contributed by atoms with Crippen molar-refractivity contribution in [2.75, 3.05) is 32.8 Å². The van der Waals surface area contributed by atoms with E-state index < -0.39 is 165 Å².